The fourth-order valence-electron chi connectivity index (χ4n) is 1.38. The monoisotopic (exact) mass is 178 g/mol. The molecule has 2 heteroatoms. The Hall–Kier alpha value is -1.15. The lowest BCUT2D eigenvalue weighted by molar-refractivity contribution is -0.121. The van der Waals surface area contributed by atoms with E-state index in [-0.39, 0.29) is 12.2 Å². The zero-order valence-electron chi connectivity index (χ0n) is 7.95. The molecular formula is C11H14O2. The average molecular weight is 178 g/mol. The summed E-state index contributed by atoms with van der Waals surface area (Å²) in [5, 5.41) is 9.94. The van der Waals surface area contributed by atoms with Gasteiger partial charge in [-0.2, -0.15) is 0 Å². The van der Waals surface area contributed by atoms with E-state index >= 15 is 0 Å². The van der Waals surface area contributed by atoms with Gasteiger partial charge >= 0.3 is 0 Å². The number of hydrogen-bond acceptors (Lipinski definition) is 2. The predicted molar refractivity (Wildman–Crippen MR) is 51.3 cm³/mol. The van der Waals surface area contributed by atoms with Crippen LogP contribution in [0.2, 0.25) is 0 Å². The summed E-state index contributed by atoms with van der Waals surface area (Å²) >= 11 is 0. The quantitative estimate of drug-likeness (QED) is 0.767. The Morgan fingerprint density at radius 1 is 1.38 bits per heavy atom. The van der Waals surface area contributed by atoms with Crippen molar-refractivity contribution in [1.29, 1.82) is 0 Å². The van der Waals surface area contributed by atoms with Gasteiger partial charge in [-0.3, -0.25) is 4.79 Å². The normalized spacial score (nSPS) is 15.0. The van der Waals surface area contributed by atoms with Crippen molar-refractivity contribution in [2.24, 2.45) is 0 Å². The number of hydrogen-bond donors (Lipinski definition) is 1. The van der Waals surface area contributed by atoms with Gasteiger partial charge in [-0.1, -0.05) is 30.3 Å². The van der Waals surface area contributed by atoms with E-state index < -0.39 is 5.60 Å². The van der Waals surface area contributed by atoms with Gasteiger partial charge in [0.05, 0.1) is 5.60 Å². The topological polar surface area (TPSA) is 37.3 Å². The standard InChI is InChI=1S/C11H14O2/c1-9(12)8-11(2,13)10-6-4-3-5-7-10/h3-7,13H,8H2,1-2H3/t11-/m0/s1. The van der Waals surface area contributed by atoms with Gasteiger partial charge in [0.2, 0.25) is 0 Å². The SMILES string of the molecule is CC(=O)C[C@](C)(O)c1ccccc1. The maximum absolute atomic E-state index is 10.9. The van der Waals surface area contributed by atoms with E-state index in [2.05, 4.69) is 0 Å². The largest absolute Gasteiger partial charge is 0.385 e. The third kappa shape index (κ3) is 2.67. The fraction of sp³-hybridized carbons (Fsp3) is 0.364. The van der Waals surface area contributed by atoms with Crippen molar-refractivity contribution in [2.75, 3.05) is 0 Å². The van der Waals surface area contributed by atoms with Gasteiger partial charge in [0, 0.05) is 6.42 Å². The first-order valence-corrected chi connectivity index (χ1v) is 4.30. The second-order valence-electron chi connectivity index (χ2n) is 3.52. The Bertz CT molecular complexity index is 288. The number of carbonyl (C=O) groups excluding carboxylic acids is 1. The molecule has 1 aromatic rings. The average Bonchev–Trinajstić information content (AvgIpc) is 2.04. The van der Waals surface area contributed by atoms with Gasteiger partial charge in [-0.05, 0) is 19.4 Å². The molecule has 0 aliphatic carbocycles. The molecule has 0 fully saturated rings. The molecule has 0 spiro atoms. The first kappa shape index (κ1) is 9.93. The molecular weight excluding hydrogens is 164 g/mol. The van der Waals surface area contributed by atoms with Crippen molar-refractivity contribution in [3.8, 4) is 0 Å². The van der Waals surface area contributed by atoms with Crippen LogP contribution in [0.1, 0.15) is 25.8 Å². The summed E-state index contributed by atoms with van der Waals surface area (Å²) in [6, 6.07) is 9.23. The van der Waals surface area contributed by atoms with E-state index in [4.69, 9.17) is 0 Å². The summed E-state index contributed by atoms with van der Waals surface area (Å²) in [5.41, 5.74) is -0.252. The van der Waals surface area contributed by atoms with E-state index in [9.17, 15) is 9.90 Å². The summed E-state index contributed by atoms with van der Waals surface area (Å²) in [6.07, 6.45) is 0.164. The Labute approximate surface area is 78.2 Å². The molecule has 1 N–H and O–H groups in total. The molecule has 0 saturated heterocycles. The highest BCUT2D eigenvalue weighted by Crippen LogP contribution is 2.23. The van der Waals surface area contributed by atoms with E-state index in [1.165, 1.54) is 6.92 Å². The van der Waals surface area contributed by atoms with Crippen LogP contribution in [0.3, 0.4) is 0 Å². The lowest BCUT2D eigenvalue weighted by Crippen LogP contribution is -2.23. The molecule has 2 nitrogen and oxygen atoms in total. The molecule has 1 rings (SSSR count). The van der Waals surface area contributed by atoms with Crippen molar-refractivity contribution in [3.05, 3.63) is 35.9 Å². The van der Waals surface area contributed by atoms with Gasteiger partial charge in [0.25, 0.3) is 0 Å². The molecule has 1 atom stereocenters. The number of benzene rings is 1. The third-order valence-electron chi connectivity index (χ3n) is 1.99. The maximum Gasteiger partial charge on any atom is 0.133 e. The smallest absolute Gasteiger partial charge is 0.133 e. The van der Waals surface area contributed by atoms with Gasteiger partial charge in [-0.15, -0.1) is 0 Å². The third-order valence-corrected chi connectivity index (χ3v) is 1.99. The summed E-state index contributed by atoms with van der Waals surface area (Å²) in [4.78, 5) is 10.9. The van der Waals surface area contributed by atoms with Crippen LogP contribution in [0.4, 0.5) is 0 Å². The minimum absolute atomic E-state index is 0.00569. The molecule has 0 unspecified atom stereocenters. The van der Waals surface area contributed by atoms with Crippen LogP contribution in [0.25, 0.3) is 0 Å². The number of rotatable bonds is 3. The Balaban J connectivity index is 2.87. The fourth-order valence-corrected chi connectivity index (χ4v) is 1.38. The van der Waals surface area contributed by atoms with Crippen LogP contribution in [-0.4, -0.2) is 10.9 Å². The van der Waals surface area contributed by atoms with Crippen molar-refractivity contribution >= 4 is 5.78 Å². The Morgan fingerprint density at radius 3 is 2.38 bits per heavy atom. The summed E-state index contributed by atoms with van der Waals surface area (Å²) in [5.74, 6) is -0.00569. The molecule has 0 saturated carbocycles. The van der Waals surface area contributed by atoms with Crippen molar-refractivity contribution in [3.63, 3.8) is 0 Å². The van der Waals surface area contributed by atoms with Crippen LogP contribution in [-0.2, 0) is 10.4 Å². The van der Waals surface area contributed by atoms with Crippen molar-refractivity contribution < 1.29 is 9.90 Å². The lowest BCUT2D eigenvalue weighted by atomic mass is 9.91. The first-order chi connectivity index (χ1) is 6.02. The van der Waals surface area contributed by atoms with Gasteiger partial charge in [-0.25, -0.2) is 0 Å². The molecule has 70 valence electrons. The van der Waals surface area contributed by atoms with E-state index in [0.29, 0.717) is 0 Å². The van der Waals surface area contributed by atoms with Crippen LogP contribution >= 0.6 is 0 Å². The minimum atomic E-state index is -1.03. The highest BCUT2D eigenvalue weighted by atomic mass is 16.3. The number of ketones is 1. The first-order valence-electron chi connectivity index (χ1n) is 4.30. The highest BCUT2D eigenvalue weighted by molar-refractivity contribution is 5.76. The zero-order valence-corrected chi connectivity index (χ0v) is 7.95. The number of aliphatic hydroxyl groups is 1. The molecule has 0 bridgehead atoms. The Kier molecular flexibility index (Phi) is 2.83. The Morgan fingerprint density at radius 2 is 1.92 bits per heavy atom. The summed E-state index contributed by atoms with van der Waals surface area (Å²) < 4.78 is 0. The molecule has 0 aliphatic heterocycles. The van der Waals surface area contributed by atoms with E-state index in [1.807, 2.05) is 30.3 Å². The van der Waals surface area contributed by atoms with Gasteiger partial charge in [0.1, 0.15) is 5.78 Å². The number of Topliss-reactive ketones (excluding diaryl/α,β-unsaturated/α-hetero) is 1. The minimum Gasteiger partial charge on any atom is -0.385 e. The van der Waals surface area contributed by atoms with Crippen LogP contribution in [0.15, 0.2) is 30.3 Å². The molecule has 0 aliphatic rings. The number of carbonyl (C=O) groups is 1. The maximum atomic E-state index is 10.9. The molecule has 0 aromatic heterocycles. The van der Waals surface area contributed by atoms with E-state index in [1.54, 1.807) is 6.92 Å². The van der Waals surface area contributed by atoms with Crippen LogP contribution in [0.5, 0.6) is 0 Å². The summed E-state index contributed by atoms with van der Waals surface area (Å²) in [6.45, 7) is 3.14. The molecule has 0 radical (unpaired) electrons. The zero-order chi connectivity index (χ0) is 9.90. The predicted octanol–water partition coefficient (Wildman–Crippen LogP) is 1.87. The molecule has 1 aromatic carbocycles. The molecule has 0 amide bonds. The molecule has 0 heterocycles. The van der Waals surface area contributed by atoms with Crippen molar-refractivity contribution in [1.82, 2.24) is 0 Å². The van der Waals surface area contributed by atoms with Gasteiger partial charge in [0.15, 0.2) is 0 Å². The summed E-state index contributed by atoms with van der Waals surface area (Å²) in [7, 11) is 0. The second kappa shape index (κ2) is 3.71. The van der Waals surface area contributed by atoms with Crippen LogP contribution < -0.4 is 0 Å². The highest BCUT2D eigenvalue weighted by Gasteiger charge is 2.24. The van der Waals surface area contributed by atoms with Crippen molar-refractivity contribution in [2.45, 2.75) is 25.9 Å². The van der Waals surface area contributed by atoms with E-state index in [0.717, 1.165) is 5.56 Å². The van der Waals surface area contributed by atoms with Gasteiger partial charge < -0.3 is 5.11 Å². The lowest BCUT2D eigenvalue weighted by Gasteiger charge is -2.22. The van der Waals surface area contributed by atoms with Crippen LogP contribution in [0, 0.1) is 0 Å². The molecule has 13 heavy (non-hydrogen) atoms. The second-order valence-corrected chi connectivity index (χ2v) is 3.52.